The molecule has 0 saturated carbocycles. The van der Waals surface area contributed by atoms with Crippen molar-refractivity contribution in [1.82, 2.24) is 0 Å². The first-order chi connectivity index (χ1) is 8.00. The fourth-order valence-corrected chi connectivity index (χ4v) is 3.50. The Bertz CT molecular complexity index is 517. The molecule has 0 radical (unpaired) electrons. The Morgan fingerprint density at radius 3 is 2.24 bits per heavy atom. The van der Waals surface area contributed by atoms with E-state index in [9.17, 15) is 13.9 Å². The predicted octanol–water partition coefficient (Wildman–Crippen LogP) is 4.63. The maximum atomic E-state index is 13.5. The summed E-state index contributed by atoms with van der Waals surface area (Å²) < 4.78 is 28.5. The number of hydrogen-bond donors (Lipinski definition) is 1. The van der Waals surface area contributed by atoms with Gasteiger partial charge in [-0.25, -0.2) is 8.78 Å². The minimum atomic E-state index is -1.30. The van der Waals surface area contributed by atoms with Crippen molar-refractivity contribution in [3.05, 3.63) is 54.6 Å². The van der Waals surface area contributed by atoms with Crippen molar-refractivity contribution in [3.63, 3.8) is 0 Å². The third kappa shape index (κ3) is 2.59. The van der Waals surface area contributed by atoms with Gasteiger partial charge in [0.2, 0.25) is 0 Å². The molecule has 90 valence electrons. The second kappa shape index (κ2) is 5.14. The molecule has 0 saturated heterocycles. The first-order valence-electron chi connectivity index (χ1n) is 4.57. The molecule has 0 aliphatic carbocycles. The van der Waals surface area contributed by atoms with Crippen LogP contribution >= 0.6 is 43.2 Å². The summed E-state index contributed by atoms with van der Waals surface area (Å²) in [7, 11) is 0. The van der Waals surface area contributed by atoms with Crippen LogP contribution in [0.15, 0.2) is 32.5 Å². The highest BCUT2D eigenvalue weighted by atomic mass is 79.9. The number of halogens is 4. The molecule has 17 heavy (non-hydrogen) atoms. The van der Waals surface area contributed by atoms with Crippen molar-refractivity contribution in [2.24, 2.45) is 0 Å². The molecule has 1 aromatic carbocycles. The summed E-state index contributed by atoms with van der Waals surface area (Å²) in [6, 6.07) is 5.14. The normalized spacial score (nSPS) is 12.8. The molecule has 1 heterocycles. The van der Waals surface area contributed by atoms with Crippen molar-refractivity contribution >= 4 is 43.2 Å². The number of aliphatic hydroxyl groups is 1. The maximum Gasteiger partial charge on any atom is 0.132 e. The fraction of sp³-hybridized carbons (Fsp3) is 0.0909. The average Bonchev–Trinajstić information content (AvgIpc) is 2.59. The molecule has 1 N–H and O–H groups in total. The van der Waals surface area contributed by atoms with Crippen LogP contribution in [-0.2, 0) is 0 Å². The van der Waals surface area contributed by atoms with Gasteiger partial charge < -0.3 is 5.11 Å². The van der Waals surface area contributed by atoms with E-state index in [0.717, 1.165) is 20.4 Å². The van der Waals surface area contributed by atoms with Gasteiger partial charge in [-0.05, 0) is 50.1 Å². The Hall–Kier alpha value is -0.300. The van der Waals surface area contributed by atoms with Gasteiger partial charge in [0.15, 0.2) is 0 Å². The first-order valence-corrected chi connectivity index (χ1v) is 6.97. The molecule has 2 rings (SSSR count). The van der Waals surface area contributed by atoms with Crippen molar-refractivity contribution < 1.29 is 13.9 Å². The van der Waals surface area contributed by atoms with Gasteiger partial charge in [0.1, 0.15) is 17.7 Å². The topological polar surface area (TPSA) is 20.2 Å². The summed E-state index contributed by atoms with van der Waals surface area (Å²) in [4.78, 5) is 0.466. The summed E-state index contributed by atoms with van der Waals surface area (Å²) in [5.41, 5.74) is -0.325. The van der Waals surface area contributed by atoms with Gasteiger partial charge in [-0.2, -0.15) is 0 Å². The number of hydrogen-bond acceptors (Lipinski definition) is 2. The molecule has 0 amide bonds. The van der Waals surface area contributed by atoms with Crippen LogP contribution in [0.2, 0.25) is 0 Å². The second-order valence-corrected chi connectivity index (χ2v) is 6.56. The molecule has 1 unspecified atom stereocenters. The van der Waals surface area contributed by atoms with E-state index in [1.807, 2.05) is 0 Å². The molecule has 1 atom stereocenters. The van der Waals surface area contributed by atoms with Gasteiger partial charge in [0.25, 0.3) is 0 Å². The van der Waals surface area contributed by atoms with Gasteiger partial charge in [-0.15, -0.1) is 11.3 Å². The van der Waals surface area contributed by atoms with Crippen molar-refractivity contribution in [3.8, 4) is 0 Å². The minimum Gasteiger partial charge on any atom is -0.383 e. The zero-order valence-corrected chi connectivity index (χ0v) is 12.2. The van der Waals surface area contributed by atoms with Crippen LogP contribution in [0, 0.1) is 11.6 Å². The van der Waals surface area contributed by atoms with Gasteiger partial charge in [-0.1, -0.05) is 6.07 Å². The molecule has 0 spiro atoms. The molecule has 1 aromatic heterocycles. The summed E-state index contributed by atoms with van der Waals surface area (Å²) in [5, 5.41) is 9.98. The van der Waals surface area contributed by atoms with Crippen LogP contribution < -0.4 is 0 Å². The van der Waals surface area contributed by atoms with E-state index in [-0.39, 0.29) is 5.56 Å². The molecular weight excluding hydrogens is 378 g/mol. The Morgan fingerprint density at radius 1 is 1.18 bits per heavy atom. The van der Waals surface area contributed by atoms with Gasteiger partial charge >= 0.3 is 0 Å². The van der Waals surface area contributed by atoms with Crippen LogP contribution in [0.4, 0.5) is 8.78 Å². The third-order valence-electron chi connectivity index (χ3n) is 2.21. The van der Waals surface area contributed by atoms with Gasteiger partial charge in [-0.3, -0.25) is 0 Å². The van der Waals surface area contributed by atoms with E-state index in [4.69, 9.17) is 0 Å². The Balaban J connectivity index is 2.47. The monoisotopic (exact) mass is 382 g/mol. The van der Waals surface area contributed by atoms with E-state index >= 15 is 0 Å². The molecule has 0 bridgehead atoms. The zero-order chi connectivity index (χ0) is 12.6. The highest BCUT2D eigenvalue weighted by Gasteiger charge is 2.21. The molecule has 0 aliphatic rings. The molecule has 0 fully saturated rings. The highest BCUT2D eigenvalue weighted by Crippen LogP contribution is 2.38. The average molecular weight is 384 g/mol. The maximum absolute atomic E-state index is 13.5. The smallest absolute Gasteiger partial charge is 0.132 e. The fourth-order valence-electron chi connectivity index (χ4n) is 1.41. The van der Waals surface area contributed by atoms with Crippen molar-refractivity contribution in [1.29, 1.82) is 0 Å². The number of rotatable bonds is 2. The summed E-state index contributed by atoms with van der Waals surface area (Å²) in [6.45, 7) is 0. The number of benzene rings is 1. The van der Waals surface area contributed by atoms with E-state index in [1.165, 1.54) is 17.4 Å². The SMILES string of the molecule is OC(c1cc(Br)c(Br)s1)c1c(F)cccc1F. The minimum absolute atomic E-state index is 0.325. The summed E-state index contributed by atoms with van der Waals surface area (Å²) in [5.74, 6) is -1.50. The van der Waals surface area contributed by atoms with Crippen molar-refractivity contribution in [2.45, 2.75) is 6.10 Å². The Morgan fingerprint density at radius 2 is 1.76 bits per heavy atom. The quantitative estimate of drug-likeness (QED) is 0.801. The van der Waals surface area contributed by atoms with Crippen LogP contribution in [0.25, 0.3) is 0 Å². The highest BCUT2D eigenvalue weighted by molar-refractivity contribution is 9.13. The Labute approximate surface area is 117 Å². The molecule has 6 heteroatoms. The molecule has 2 aromatic rings. The number of thiophene rings is 1. The van der Waals surface area contributed by atoms with Crippen LogP contribution in [0.3, 0.4) is 0 Å². The van der Waals surface area contributed by atoms with Gasteiger partial charge in [0.05, 0.1) is 9.35 Å². The predicted molar refractivity (Wildman–Crippen MR) is 70.1 cm³/mol. The standard InChI is InChI=1S/C11H6Br2F2OS/c12-5-4-8(17-11(5)13)10(16)9-6(14)2-1-3-7(9)15/h1-4,10,16H. The Kier molecular flexibility index (Phi) is 3.97. The first kappa shape index (κ1) is 13.1. The molecular formula is C11H6Br2F2OS. The van der Waals surface area contributed by atoms with Gasteiger partial charge in [0, 0.05) is 9.35 Å². The van der Waals surface area contributed by atoms with E-state index in [1.54, 1.807) is 6.07 Å². The lowest BCUT2D eigenvalue weighted by Gasteiger charge is -2.10. The summed E-state index contributed by atoms with van der Waals surface area (Å²) in [6.07, 6.45) is -1.30. The lowest BCUT2D eigenvalue weighted by molar-refractivity contribution is 0.212. The van der Waals surface area contributed by atoms with E-state index in [2.05, 4.69) is 31.9 Å². The van der Waals surface area contributed by atoms with Crippen LogP contribution in [0.5, 0.6) is 0 Å². The van der Waals surface area contributed by atoms with Crippen LogP contribution in [-0.4, -0.2) is 5.11 Å². The zero-order valence-electron chi connectivity index (χ0n) is 8.25. The van der Waals surface area contributed by atoms with Crippen molar-refractivity contribution in [2.75, 3.05) is 0 Å². The second-order valence-electron chi connectivity index (χ2n) is 3.31. The lowest BCUT2D eigenvalue weighted by atomic mass is 10.1. The molecule has 0 aliphatic heterocycles. The number of aliphatic hydroxyl groups excluding tert-OH is 1. The summed E-state index contributed by atoms with van der Waals surface area (Å²) >= 11 is 7.75. The lowest BCUT2D eigenvalue weighted by Crippen LogP contribution is -2.03. The van der Waals surface area contributed by atoms with E-state index < -0.39 is 17.7 Å². The van der Waals surface area contributed by atoms with Crippen LogP contribution in [0.1, 0.15) is 16.5 Å². The molecule has 1 nitrogen and oxygen atoms in total. The third-order valence-corrected chi connectivity index (χ3v) is 5.52. The largest absolute Gasteiger partial charge is 0.383 e. The van der Waals surface area contributed by atoms with E-state index in [0.29, 0.717) is 4.88 Å².